The fourth-order valence-corrected chi connectivity index (χ4v) is 1.78. The van der Waals surface area contributed by atoms with E-state index < -0.39 is 5.54 Å². The summed E-state index contributed by atoms with van der Waals surface area (Å²) in [6.07, 6.45) is 0.604. The van der Waals surface area contributed by atoms with Crippen LogP contribution in [0, 0.1) is 0 Å². The lowest BCUT2D eigenvalue weighted by Gasteiger charge is -2.26. The van der Waals surface area contributed by atoms with Gasteiger partial charge < -0.3 is 16.4 Å². The van der Waals surface area contributed by atoms with Gasteiger partial charge in [0.15, 0.2) is 0 Å². The number of rotatable bonds is 6. The third kappa shape index (κ3) is 3.82. The van der Waals surface area contributed by atoms with Crippen LogP contribution in [0.15, 0.2) is 24.3 Å². The molecule has 0 aliphatic carbocycles. The summed E-state index contributed by atoms with van der Waals surface area (Å²) in [6, 6.07) is 8.00. The van der Waals surface area contributed by atoms with E-state index in [0.717, 1.165) is 11.3 Å². The van der Waals surface area contributed by atoms with E-state index in [-0.39, 0.29) is 11.9 Å². The number of hydrogen-bond donors (Lipinski definition) is 3. The Balaban J connectivity index is 2.77. The Morgan fingerprint density at radius 1 is 1.39 bits per heavy atom. The minimum absolute atomic E-state index is 0.0735. The number of nitrogens with two attached hydrogens (primary N) is 1. The van der Waals surface area contributed by atoms with Crippen molar-refractivity contribution in [3.05, 3.63) is 29.8 Å². The number of benzene rings is 1. The van der Waals surface area contributed by atoms with Gasteiger partial charge in [0, 0.05) is 5.69 Å². The van der Waals surface area contributed by atoms with E-state index in [2.05, 4.69) is 10.6 Å². The molecular formula is C14H23N3O. The zero-order valence-electron chi connectivity index (χ0n) is 11.6. The van der Waals surface area contributed by atoms with Crippen LogP contribution in [-0.2, 0) is 11.2 Å². The number of ketones is 1. The second-order valence-corrected chi connectivity index (χ2v) is 4.95. The fraction of sp³-hybridized carbons (Fsp3) is 0.500. The summed E-state index contributed by atoms with van der Waals surface area (Å²) in [6.45, 7) is 5.42. The molecule has 100 valence electrons. The Morgan fingerprint density at radius 2 is 1.94 bits per heavy atom. The van der Waals surface area contributed by atoms with Gasteiger partial charge in [-0.15, -0.1) is 0 Å². The molecule has 1 unspecified atom stereocenters. The monoisotopic (exact) mass is 249 g/mol. The quantitative estimate of drug-likeness (QED) is 0.669. The van der Waals surface area contributed by atoms with Gasteiger partial charge in [-0.05, 0) is 51.9 Å². The summed E-state index contributed by atoms with van der Waals surface area (Å²) >= 11 is 0. The molecule has 4 N–H and O–H groups in total. The average molecular weight is 249 g/mol. The Hall–Kier alpha value is -1.39. The Kier molecular flexibility index (Phi) is 4.87. The molecule has 0 bridgehead atoms. The molecule has 2 atom stereocenters. The molecule has 1 rings (SSSR count). The Labute approximate surface area is 109 Å². The highest BCUT2D eigenvalue weighted by molar-refractivity contribution is 5.86. The summed E-state index contributed by atoms with van der Waals surface area (Å²) in [4.78, 5) is 11.6. The van der Waals surface area contributed by atoms with Crippen molar-refractivity contribution in [2.24, 2.45) is 5.73 Å². The molecule has 0 saturated carbocycles. The number of nitrogens with one attached hydrogen (secondary N) is 2. The second-order valence-electron chi connectivity index (χ2n) is 4.95. The normalized spacial score (nSPS) is 15.8. The van der Waals surface area contributed by atoms with Gasteiger partial charge in [0.25, 0.3) is 0 Å². The summed E-state index contributed by atoms with van der Waals surface area (Å²) in [5.41, 5.74) is 7.27. The maximum atomic E-state index is 11.6. The van der Waals surface area contributed by atoms with Gasteiger partial charge in [-0.2, -0.15) is 0 Å². The first-order valence-corrected chi connectivity index (χ1v) is 6.18. The standard InChI is InChI=1S/C14H23N3O/c1-10(18)14(3,16-4)9-12-5-7-13(8-6-12)17-11(2)15/h5-8,11,16-17H,9,15H2,1-4H3/t11?,14-/m0/s1. The number of carbonyl (C=O) groups excluding carboxylic acids is 1. The number of Topliss-reactive ketones (excluding diaryl/α,β-unsaturated/α-hetero) is 1. The summed E-state index contributed by atoms with van der Waals surface area (Å²) in [5, 5.41) is 6.21. The van der Waals surface area contributed by atoms with Gasteiger partial charge >= 0.3 is 0 Å². The van der Waals surface area contributed by atoms with Crippen molar-refractivity contribution in [3.63, 3.8) is 0 Å². The first-order chi connectivity index (χ1) is 8.37. The highest BCUT2D eigenvalue weighted by atomic mass is 16.1. The molecule has 0 spiro atoms. The average Bonchev–Trinajstić information content (AvgIpc) is 2.30. The topological polar surface area (TPSA) is 67.2 Å². The van der Waals surface area contributed by atoms with Crippen LogP contribution < -0.4 is 16.4 Å². The lowest BCUT2D eigenvalue weighted by atomic mass is 9.89. The molecule has 0 amide bonds. The maximum Gasteiger partial charge on any atom is 0.149 e. The highest BCUT2D eigenvalue weighted by Crippen LogP contribution is 2.17. The minimum Gasteiger partial charge on any atom is -0.370 e. The molecule has 1 aromatic rings. The van der Waals surface area contributed by atoms with Crippen LogP contribution in [0.25, 0.3) is 0 Å². The molecule has 0 heterocycles. The van der Waals surface area contributed by atoms with Crippen molar-refractivity contribution in [2.75, 3.05) is 12.4 Å². The Bertz CT molecular complexity index is 400. The highest BCUT2D eigenvalue weighted by Gasteiger charge is 2.27. The minimum atomic E-state index is -0.504. The molecular weight excluding hydrogens is 226 g/mol. The smallest absolute Gasteiger partial charge is 0.149 e. The molecule has 0 saturated heterocycles. The third-order valence-corrected chi connectivity index (χ3v) is 3.23. The predicted molar refractivity (Wildman–Crippen MR) is 75.6 cm³/mol. The number of anilines is 1. The zero-order chi connectivity index (χ0) is 13.8. The van der Waals surface area contributed by atoms with Crippen LogP contribution in [0.3, 0.4) is 0 Å². The van der Waals surface area contributed by atoms with Crippen LogP contribution in [0.5, 0.6) is 0 Å². The summed E-state index contributed by atoms with van der Waals surface area (Å²) in [7, 11) is 1.81. The first-order valence-electron chi connectivity index (χ1n) is 6.18. The van der Waals surface area contributed by atoms with E-state index in [1.807, 2.05) is 45.2 Å². The van der Waals surface area contributed by atoms with Gasteiger partial charge in [0.05, 0.1) is 11.7 Å². The number of carbonyl (C=O) groups is 1. The largest absolute Gasteiger partial charge is 0.370 e. The zero-order valence-corrected chi connectivity index (χ0v) is 11.6. The molecule has 0 aliphatic rings. The van der Waals surface area contributed by atoms with E-state index in [4.69, 9.17) is 5.73 Å². The summed E-state index contributed by atoms with van der Waals surface area (Å²) in [5.74, 6) is 0.141. The van der Waals surface area contributed by atoms with Crippen molar-refractivity contribution < 1.29 is 4.79 Å². The Morgan fingerprint density at radius 3 is 2.33 bits per heavy atom. The molecule has 0 fully saturated rings. The molecule has 18 heavy (non-hydrogen) atoms. The lowest BCUT2D eigenvalue weighted by Crippen LogP contribution is -2.48. The van der Waals surface area contributed by atoms with E-state index in [1.54, 1.807) is 6.92 Å². The number of likely N-dealkylation sites (N-methyl/N-ethyl adjacent to an activating group) is 1. The van der Waals surface area contributed by atoms with Gasteiger partial charge in [-0.3, -0.25) is 4.79 Å². The van der Waals surface area contributed by atoms with Crippen LogP contribution in [-0.4, -0.2) is 24.5 Å². The van der Waals surface area contributed by atoms with E-state index in [9.17, 15) is 4.79 Å². The van der Waals surface area contributed by atoms with Gasteiger partial charge in [-0.25, -0.2) is 0 Å². The van der Waals surface area contributed by atoms with E-state index in [0.29, 0.717) is 6.42 Å². The summed E-state index contributed by atoms with van der Waals surface area (Å²) < 4.78 is 0. The van der Waals surface area contributed by atoms with Crippen molar-refractivity contribution >= 4 is 11.5 Å². The van der Waals surface area contributed by atoms with Crippen LogP contribution in [0.4, 0.5) is 5.69 Å². The third-order valence-electron chi connectivity index (χ3n) is 3.23. The predicted octanol–water partition coefficient (Wildman–Crippen LogP) is 1.51. The van der Waals surface area contributed by atoms with Crippen molar-refractivity contribution in [2.45, 2.75) is 38.9 Å². The van der Waals surface area contributed by atoms with E-state index >= 15 is 0 Å². The van der Waals surface area contributed by atoms with Crippen LogP contribution in [0.1, 0.15) is 26.3 Å². The van der Waals surface area contributed by atoms with Crippen LogP contribution in [0.2, 0.25) is 0 Å². The molecule has 0 radical (unpaired) electrons. The van der Waals surface area contributed by atoms with Crippen molar-refractivity contribution in [3.8, 4) is 0 Å². The molecule has 1 aromatic carbocycles. The van der Waals surface area contributed by atoms with Gasteiger partial charge in [0.2, 0.25) is 0 Å². The number of hydrogen-bond acceptors (Lipinski definition) is 4. The lowest BCUT2D eigenvalue weighted by molar-refractivity contribution is -0.122. The van der Waals surface area contributed by atoms with Crippen LogP contribution >= 0.6 is 0 Å². The van der Waals surface area contributed by atoms with Gasteiger partial charge in [0.1, 0.15) is 5.78 Å². The second kappa shape index (κ2) is 5.98. The molecule has 4 nitrogen and oxygen atoms in total. The molecule has 0 aliphatic heterocycles. The molecule has 4 heteroatoms. The van der Waals surface area contributed by atoms with E-state index in [1.165, 1.54) is 0 Å². The maximum absolute atomic E-state index is 11.6. The first kappa shape index (κ1) is 14.7. The SMILES string of the molecule is CN[C@@](C)(Cc1ccc(NC(C)N)cc1)C(C)=O. The molecule has 0 aromatic heterocycles. The van der Waals surface area contributed by atoms with Crippen molar-refractivity contribution in [1.29, 1.82) is 0 Å². The fourth-order valence-electron chi connectivity index (χ4n) is 1.78. The van der Waals surface area contributed by atoms with Gasteiger partial charge in [-0.1, -0.05) is 12.1 Å². The van der Waals surface area contributed by atoms with Crippen molar-refractivity contribution in [1.82, 2.24) is 5.32 Å².